The number of carbonyl (C=O) groups is 3. The largest absolute Gasteiger partial charge is 0.351 e. The monoisotopic (exact) mass is 458 g/mol. The van der Waals surface area contributed by atoms with Crippen molar-refractivity contribution in [2.24, 2.45) is 0 Å². The maximum atomic E-state index is 13.2. The highest BCUT2D eigenvalue weighted by Crippen LogP contribution is 2.28. The van der Waals surface area contributed by atoms with Gasteiger partial charge >= 0.3 is 0 Å². The molecule has 1 saturated carbocycles. The Morgan fingerprint density at radius 2 is 1.82 bits per heavy atom. The average molecular weight is 459 g/mol. The molecule has 4 rings (SSSR count). The zero-order chi connectivity index (χ0) is 23.4. The van der Waals surface area contributed by atoms with Crippen molar-refractivity contribution in [3.8, 4) is 0 Å². The molecule has 182 valence electrons. The molecule has 1 aliphatic carbocycles. The number of hydrogen-bond donors (Lipinski definition) is 2. The lowest BCUT2D eigenvalue weighted by Gasteiger charge is -2.43. The normalized spacial score (nSPS) is 24.4. The summed E-state index contributed by atoms with van der Waals surface area (Å²) in [5.74, 6) is -0.683. The molecule has 9 heteroatoms. The standard InChI is InChI=1S/C24H38N6O3/c1-3-29-22(32)20-16-19(21(31)25-12-15-28-13-8-4-5-9-14-28)27-30(20)17-24(29,2)23(33)26-18-10-6-7-11-18/h16,18H,3-15,17H2,1-2H3,(H,25,31)(H,26,33)/t24-/m0/s1. The van der Waals surface area contributed by atoms with Gasteiger partial charge in [0.1, 0.15) is 11.2 Å². The Morgan fingerprint density at radius 1 is 1.12 bits per heavy atom. The Bertz CT molecular complexity index is 870. The minimum atomic E-state index is -1.03. The van der Waals surface area contributed by atoms with Gasteiger partial charge in [0.05, 0.1) is 6.54 Å². The molecule has 33 heavy (non-hydrogen) atoms. The number of amides is 3. The fourth-order valence-corrected chi connectivity index (χ4v) is 5.44. The molecule has 1 aromatic heterocycles. The van der Waals surface area contributed by atoms with E-state index in [9.17, 15) is 14.4 Å². The van der Waals surface area contributed by atoms with Gasteiger partial charge in [-0.05, 0) is 52.6 Å². The predicted octanol–water partition coefficient (Wildman–Crippen LogP) is 1.78. The van der Waals surface area contributed by atoms with E-state index in [2.05, 4.69) is 20.6 Å². The maximum Gasteiger partial charge on any atom is 0.273 e. The zero-order valence-corrected chi connectivity index (χ0v) is 20.1. The van der Waals surface area contributed by atoms with Gasteiger partial charge in [0.15, 0.2) is 5.69 Å². The van der Waals surface area contributed by atoms with Gasteiger partial charge in [-0.2, -0.15) is 5.10 Å². The van der Waals surface area contributed by atoms with E-state index < -0.39 is 5.54 Å². The third kappa shape index (κ3) is 5.08. The average Bonchev–Trinajstić information content (AvgIpc) is 3.38. The summed E-state index contributed by atoms with van der Waals surface area (Å²) in [7, 11) is 0. The van der Waals surface area contributed by atoms with Crippen LogP contribution in [0.1, 0.15) is 86.2 Å². The number of nitrogens with one attached hydrogen (secondary N) is 2. The fourth-order valence-electron chi connectivity index (χ4n) is 5.44. The van der Waals surface area contributed by atoms with Crippen molar-refractivity contribution in [3.63, 3.8) is 0 Å². The molecule has 2 aliphatic heterocycles. The summed E-state index contributed by atoms with van der Waals surface area (Å²) in [5, 5.41) is 10.5. The van der Waals surface area contributed by atoms with Crippen LogP contribution in [-0.4, -0.2) is 81.6 Å². The van der Waals surface area contributed by atoms with E-state index in [1.54, 1.807) is 17.9 Å². The minimum absolute atomic E-state index is 0.144. The van der Waals surface area contributed by atoms with E-state index in [1.807, 2.05) is 6.92 Å². The first-order valence-electron chi connectivity index (χ1n) is 12.6. The van der Waals surface area contributed by atoms with Crippen LogP contribution in [0.2, 0.25) is 0 Å². The van der Waals surface area contributed by atoms with Gasteiger partial charge in [0, 0.05) is 31.7 Å². The van der Waals surface area contributed by atoms with Crippen LogP contribution in [0.4, 0.5) is 0 Å². The fraction of sp³-hybridized carbons (Fsp3) is 0.750. The second kappa shape index (κ2) is 10.2. The molecule has 0 aromatic carbocycles. The van der Waals surface area contributed by atoms with Gasteiger partial charge in [-0.3, -0.25) is 19.1 Å². The van der Waals surface area contributed by atoms with Crippen LogP contribution in [0.25, 0.3) is 0 Å². The summed E-state index contributed by atoms with van der Waals surface area (Å²) in [5.41, 5.74) is -0.445. The van der Waals surface area contributed by atoms with Crippen molar-refractivity contribution in [2.45, 2.75) is 83.3 Å². The van der Waals surface area contributed by atoms with Crippen LogP contribution in [0.3, 0.4) is 0 Å². The number of fused-ring (bicyclic) bond motifs is 1. The number of rotatable bonds is 7. The van der Waals surface area contributed by atoms with Crippen molar-refractivity contribution in [1.82, 2.24) is 30.2 Å². The minimum Gasteiger partial charge on any atom is -0.351 e. The molecule has 3 aliphatic rings. The van der Waals surface area contributed by atoms with Gasteiger partial charge < -0.3 is 20.4 Å². The summed E-state index contributed by atoms with van der Waals surface area (Å²) in [6.07, 6.45) is 9.20. The van der Waals surface area contributed by atoms with Gasteiger partial charge in [0.2, 0.25) is 5.91 Å². The highest BCUT2D eigenvalue weighted by atomic mass is 16.2. The second-order valence-electron chi connectivity index (χ2n) is 9.86. The van der Waals surface area contributed by atoms with Crippen LogP contribution >= 0.6 is 0 Å². The van der Waals surface area contributed by atoms with E-state index >= 15 is 0 Å². The first kappa shape index (κ1) is 23.7. The first-order chi connectivity index (χ1) is 15.9. The molecule has 3 amide bonds. The molecule has 1 atom stereocenters. The topological polar surface area (TPSA) is 99.6 Å². The van der Waals surface area contributed by atoms with Crippen LogP contribution < -0.4 is 10.6 Å². The zero-order valence-electron chi connectivity index (χ0n) is 20.1. The third-order valence-electron chi connectivity index (χ3n) is 7.44. The number of nitrogens with zero attached hydrogens (tertiary/aromatic N) is 4. The molecule has 2 N–H and O–H groups in total. The van der Waals surface area contributed by atoms with Gasteiger partial charge in [-0.15, -0.1) is 0 Å². The van der Waals surface area contributed by atoms with E-state index in [-0.39, 0.29) is 36.0 Å². The molecule has 3 heterocycles. The molecule has 9 nitrogen and oxygen atoms in total. The maximum absolute atomic E-state index is 13.2. The highest BCUT2D eigenvalue weighted by molar-refractivity contribution is 6.01. The summed E-state index contributed by atoms with van der Waals surface area (Å²) < 4.78 is 1.53. The quantitative estimate of drug-likeness (QED) is 0.649. The van der Waals surface area contributed by atoms with E-state index in [0.717, 1.165) is 45.3 Å². The molecule has 0 bridgehead atoms. The van der Waals surface area contributed by atoms with Crippen molar-refractivity contribution < 1.29 is 14.4 Å². The van der Waals surface area contributed by atoms with Crippen LogP contribution in [0, 0.1) is 0 Å². The predicted molar refractivity (Wildman–Crippen MR) is 125 cm³/mol. The lowest BCUT2D eigenvalue weighted by atomic mass is 9.94. The lowest BCUT2D eigenvalue weighted by Crippen LogP contribution is -2.64. The molecule has 1 saturated heterocycles. The van der Waals surface area contributed by atoms with Crippen molar-refractivity contribution in [2.75, 3.05) is 32.7 Å². The number of carbonyl (C=O) groups excluding carboxylic acids is 3. The number of likely N-dealkylation sites (tertiary alicyclic amines) is 1. The summed E-state index contributed by atoms with van der Waals surface area (Å²) >= 11 is 0. The number of aromatic nitrogens is 2. The Kier molecular flexibility index (Phi) is 7.36. The summed E-state index contributed by atoms with van der Waals surface area (Å²) in [6, 6.07) is 1.73. The van der Waals surface area contributed by atoms with Crippen molar-refractivity contribution >= 4 is 17.7 Å². The first-order valence-corrected chi connectivity index (χ1v) is 12.6. The van der Waals surface area contributed by atoms with E-state index in [0.29, 0.717) is 18.8 Å². The lowest BCUT2D eigenvalue weighted by molar-refractivity contribution is -0.133. The van der Waals surface area contributed by atoms with E-state index in [4.69, 9.17) is 0 Å². The Labute approximate surface area is 196 Å². The third-order valence-corrected chi connectivity index (χ3v) is 7.44. The number of likely N-dealkylation sites (N-methyl/N-ethyl adjacent to an activating group) is 1. The Morgan fingerprint density at radius 3 is 2.48 bits per heavy atom. The molecule has 0 radical (unpaired) electrons. The molecule has 1 aromatic rings. The second-order valence-corrected chi connectivity index (χ2v) is 9.86. The SMILES string of the molecule is CCN1C(=O)c2cc(C(=O)NCCN3CCCCCC3)nn2C[C@@]1(C)C(=O)NC1CCCC1. The molecule has 0 spiro atoms. The highest BCUT2D eigenvalue weighted by Gasteiger charge is 2.48. The smallest absolute Gasteiger partial charge is 0.273 e. The molecular formula is C24H38N6O3. The Balaban J connectivity index is 1.42. The molecule has 0 unspecified atom stereocenters. The number of hydrogen-bond acceptors (Lipinski definition) is 5. The van der Waals surface area contributed by atoms with Crippen LogP contribution in [0.5, 0.6) is 0 Å². The molecule has 2 fully saturated rings. The summed E-state index contributed by atoms with van der Waals surface area (Å²) in [4.78, 5) is 43.2. The van der Waals surface area contributed by atoms with E-state index in [1.165, 1.54) is 30.4 Å². The van der Waals surface area contributed by atoms with Gasteiger partial charge in [0.25, 0.3) is 11.8 Å². The van der Waals surface area contributed by atoms with Crippen LogP contribution in [-0.2, 0) is 11.3 Å². The van der Waals surface area contributed by atoms with Crippen molar-refractivity contribution in [3.05, 3.63) is 17.5 Å². The van der Waals surface area contributed by atoms with Crippen LogP contribution in [0.15, 0.2) is 6.07 Å². The van der Waals surface area contributed by atoms with Gasteiger partial charge in [-0.1, -0.05) is 25.7 Å². The Hall–Kier alpha value is -2.42. The van der Waals surface area contributed by atoms with Gasteiger partial charge in [-0.25, -0.2) is 0 Å². The van der Waals surface area contributed by atoms with Crippen molar-refractivity contribution in [1.29, 1.82) is 0 Å². The summed E-state index contributed by atoms with van der Waals surface area (Å²) in [6.45, 7) is 7.86. The molecular weight excluding hydrogens is 420 g/mol.